The van der Waals surface area contributed by atoms with Crippen molar-refractivity contribution in [2.24, 2.45) is 0 Å². The number of ether oxygens (including phenoxy) is 4. The number of nitrogens with zero attached hydrogens (tertiary/aromatic N) is 1. The van der Waals surface area contributed by atoms with E-state index in [0.717, 1.165) is 0 Å². The van der Waals surface area contributed by atoms with Crippen LogP contribution in [0.3, 0.4) is 0 Å². The second-order valence-corrected chi connectivity index (χ2v) is 13.6. The summed E-state index contributed by atoms with van der Waals surface area (Å²) >= 11 is 0. The number of amides is 3. The zero-order chi connectivity index (χ0) is 32.4. The Morgan fingerprint density at radius 2 is 1.02 bits per heavy atom. The predicted octanol–water partition coefficient (Wildman–Crippen LogP) is 4.61. The normalized spacial score (nSPS) is 12.7. The number of hydrogen-bond donors (Lipinski definition) is 3. The Morgan fingerprint density at radius 1 is 0.610 bits per heavy atom. The highest BCUT2D eigenvalue weighted by atomic mass is 16.6. The quantitative estimate of drug-likeness (QED) is 0.133. The van der Waals surface area contributed by atoms with Gasteiger partial charge in [0.15, 0.2) is 0 Å². The van der Waals surface area contributed by atoms with Crippen molar-refractivity contribution in [3.05, 3.63) is 0 Å². The van der Waals surface area contributed by atoms with Gasteiger partial charge < -0.3 is 34.7 Å². The van der Waals surface area contributed by atoms with Crippen LogP contribution in [0.2, 0.25) is 0 Å². The van der Waals surface area contributed by atoms with Gasteiger partial charge in [-0.3, -0.25) is 0 Å². The van der Waals surface area contributed by atoms with Crippen molar-refractivity contribution in [1.82, 2.24) is 15.5 Å². The van der Waals surface area contributed by atoms with Crippen molar-refractivity contribution >= 4 is 30.2 Å². The third-order valence-electron chi connectivity index (χ3n) is 4.73. The van der Waals surface area contributed by atoms with Crippen molar-refractivity contribution in [3.63, 3.8) is 0 Å². The Bertz CT molecular complexity index is 893. The van der Waals surface area contributed by atoms with Crippen LogP contribution in [-0.4, -0.2) is 87.8 Å². The van der Waals surface area contributed by atoms with Crippen molar-refractivity contribution in [2.45, 2.75) is 130 Å². The molecule has 238 valence electrons. The van der Waals surface area contributed by atoms with E-state index in [-0.39, 0.29) is 11.4 Å². The fourth-order valence-electron chi connectivity index (χ4n) is 3.29. The number of unbranched alkanes of at least 4 members (excludes halogenated alkanes) is 1. The van der Waals surface area contributed by atoms with Gasteiger partial charge in [0.2, 0.25) is 0 Å². The molecule has 0 atom stereocenters. The lowest BCUT2D eigenvalue weighted by molar-refractivity contribution is -0.186. The molecular weight excluding hydrogens is 538 g/mol. The number of alkyl carbamates (subject to hydrolysis) is 1. The van der Waals surface area contributed by atoms with Crippen LogP contribution in [0.4, 0.5) is 14.4 Å². The first-order chi connectivity index (χ1) is 18.3. The molecule has 0 radical (unpaired) electrons. The van der Waals surface area contributed by atoms with Crippen molar-refractivity contribution in [1.29, 1.82) is 0 Å². The third kappa shape index (κ3) is 14.9. The van der Waals surface area contributed by atoms with E-state index in [9.17, 15) is 29.1 Å². The zero-order valence-electron chi connectivity index (χ0n) is 26.8. The van der Waals surface area contributed by atoms with E-state index < -0.39 is 64.6 Å². The number of carboxylic acid groups (broad SMARTS) is 1. The lowest BCUT2D eigenvalue weighted by Crippen LogP contribution is -2.67. The van der Waals surface area contributed by atoms with Crippen LogP contribution in [0.25, 0.3) is 0 Å². The number of esters is 2. The van der Waals surface area contributed by atoms with Gasteiger partial charge in [-0.2, -0.15) is 4.90 Å². The molecule has 0 bridgehead atoms. The fraction of sp³-hybridized carbons (Fsp3) is 0.821. The van der Waals surface area contributed by atoms with Crippen LogP contribution < -0.4 is 10.6 Å². The third-order valence-corrected chi connectivity index (χ3v) is 4.73. The first-order valence-electron chi connectivity index (χ1n) is 13.7. The molecule has 0 unspecified atom stereocenters. The summed E-state index contributed by atoms with van der Waals surface area (Å²) in [6, 6.07) is 0. The van der Waals surface area contributed by atoms with Crippen LogP contribution in [0.5, 0.6) is 0 Å². The lowest BCUT2D eigenvalue weighted by atomic mass is 9.92. The highest BCUT2D eigenvalue weighted by molar-refractivity contribution is 6.11. The van der Waals surface area contributed by atoms with E-state index in [4.69, 9.17) is 18.9 Å². The van der Waals surface area contributed by atoms with Gasteiger partial charge in [-0.05, 0) is 109 Å². The standard InChI is InChI=1S/C28H51N3O10/c1-24(2,3)38-19(32)28(20(33)39-25(4,5)6,31(22(35)36)23(37)41-27(10,11)12)15-18-29-16-13-14-17-30-21(34)40-26(7,8)9/h29H,13-18H2,1-12H3,(H,30,34)(H,35,36). The summed E-state index contributed by atoms with van der Waals surface area (Å²) < 4.78 is 21.4. The SMILES string of the molecule is CC(C)(C)OC(=O)NCCCCNCCC(C(=O)OC(C)(C)C)(C(=O)OC(C)(C)C)N(C(=O)O)C(=O)OC(C)(C)C. The van der Waals surface area contributed by atoms with Crippen LogP contribution >= 0.6 is 0 Å². The van der Waals surface area contributed by atoms with E-state index in [1.165, 1.54) is 20.8 Å². The van der Waals surface area contributed by atoms with E-state index in [0.29, 0.717) is 25.9 Å². The highest BCUT2D eigenvalue weighted by Gasteiger charge is 2.61. The van der Waals surface area contributed by atoms with Gasteiger partial charge in [0.25, 0.3) is 5.54 Å². The minimum absolute atomic E-state index is 0.0623. The maximum atomic E-state index is 13.7. The van der Waals surface area contributed by atoms with Gasteiger partial charge in [0, 0.05) is 13.0 Å². The molecule has 0 fully saturated rings. The van der Waals surface area contributed by atoms with Gasteiger partial charge in [0.05, 0.1) is 0 Å². The van der Waals surface area contributed by atoms with Gasteiger partial charge in [0.1, 0.15) is 22.4 Å². The monoisotopic (exact) mass is 589 g/mol. The maximum absolute atomic E-state index is 13.7. The average molecular weight is 590 g/mol. The minimum Gasteiger partial charge on any atom is -0.464 e. The smallest absolute Gasteiger partial charge is 0.421 e. The molecule has 0 spiro atoms. The minimum atomic E-state index is -2.71. The lowest BCUT2D eigenvalue weighted by Gasteiger charge is -2.40. The summed E-state index contributed by atoms with van der Waals surface area (Å²) in [7, 11) is 0. The van der Waals surface area contributed by atoms with E-state index in [2.05, 4.69) is 10.6 Å². The number of carbonyl (C=O) groups excluding carboxylic acids is 4. The largest absolute Gasteiger partial charge is 0.464 e. The molecule has 0 aromatic heterocycles. The molecule has 0 aliphatic rings. The molecule has 3 N–H and O–H groups in total. The number of nitrogens with one attached hydrogen (secondary N) is 2. The molecule has 13 nitrogen and oxygen atoms in total. The summed E-state index contributed by atoms with van der Waals surface area (Å²) in [6.07, 6.45) is -3.14. The van der Waals surface area contributed by atoms with Crippen LogP contribution in [-0.2, 0) is 28.5 Å². The molecule has 0 aliphatic carbocycles. The molecule has 0 aromatic rings. The topological polar surface area (TPSA) is 170 Å². The van der Waals surface area contributed by atoms with E-state index in [1.54, 1.807) is 62.3 Å². The van der Waals surface area contributed by atoms with Gasteiger partial charge >= 0.3 is 30.2 Å². The zero-order valence-corrected chi connectivity index (χ0v) is 26.8. The van der Waals surface area contributed by atoms with E-state index >= 15 is 0 Å². The Balaban J connectivity index is 6.01. The Hall–Kier alpha value is -3.09. The van der Waals surface area contributed by atoms with Gasteiger partial charge in [-0.25, -0.2) is 24.0 Å². The highest BCUT2D eigenvalue weighted by Crippen LogP contribution is 2.30. The number of carbonyl (C=O) groups is 5. The Labute approximate surface area is 244 Å². The maximum Gasteiger partial charge on any atom is 0.421 e. The molecule has 3 amide bonds. The predicted molar refractivity (Wildman–Crippen MR) is 151 cm³/mol. The first-order valence-corrected chi connectivity index (χ1v) is 13.7. The summed E-state index contributed by atoms with van der Waals surface area (Å²) in [6.45, 7) is 19.8. The summed E-state index contributed by atoms with van der Waals surface area (Å²) in [5.41, 5.74) is -6.71. The molecule has 0 saturated carbocycles. The van der Waals surface area contributed by atoms with Crippen molar-refractivity contribution in [2.75, 3.05) is 19.6 Å². The molecule has 0 heterocycles. The molecule has 0 rings (SSSR count). The van der Waals surface area contributed by atoms with Crippen LogP contribution in [0, 0.1) is 0 Å². The average Bonchev–Trinajstić information content (AvgIpc) is 2.68. The van der Waals surface area contributed by atoms with Gasteiger partial charge in [-0.1, -0.05) is 0 Å². The second-order valence-electron chi connectivity index (χ2n) is 13.6. The summed E-state index contributed by atoms with van der Waals surface area (Å²) in [5.74, 6) is -2.54. The summed E-state index contributed by atoms with van der Waals surface area (Å²) in [5, 5.41) is 15.8. The molecular formula is C28H51N3O10. The summed E-state index contributed by atoms with van der Waals surface area (Å²) in [4.78, 5) is 64.9. The molecule has 13 heteroatoms. The second kappa shape index (κ2) is 14.7. The number of hydrogen-bond acceptors (Lipinski definition) is 10. The Kier molecular flexibility index (Phi) is 13.6. The Morgan fingerprint density at radius 3 is 1.41 bits per heavy atom. The number of imide groups is 1. The number of rotatable bonds is 11. The molecule has 0 saturated heterocycles. The molecule has 41 heavy (non-hydrogen) atoms. The van der Waals surface area contributed by atoms with E-state index in [1.807, 2.05) is 0 Å². The van der Waals surface area contributed by atoms with Crippen LogP contribution in [0.15, 0.2) is 0 Å². The molecule has 0 aliphatic heterocycles. The fourth-order valence-corrected chi connectivity index (χ4v) is 3.29. The first kappa shape index (κ1) is 37.9. The van der Waals surface area contributed by atoms with Crippen LogP contribution in [0.1, 0.15) is 102 Å². The van der Waals surface area contributed by atoms with Gasteiger partial charge in [-0.15, -0.1) is 0 Å². The van der Waals surface area contributed by atoms with Crippen molar-refractivity contribution in [3.8, 4) is 0 Å². The van der Waals surface area contributed by atoms with Crippen molar-refractivity contribution < 1.29 is 48.0 Å². The molecule has 0 aromatic carbocycles.